The van der Waals surface area contributed by atoms with Crippen LogP contribution in [0.15, 0.2) is 0 Å². The Labute approximate surface area is 66.2 Å². The normalized spacial score (nSPS) is 33.0. The first-order chi connectivity index (χ1) is 4.27. The Morgan fingerprint density at radius 3 is 2.60 bits per heavy atom. The maximum atomic E-state index is 12.0. The van der Waals surface area contributed by atoms with E-state index in [1.807, 2.05) is 0 Å². The Morgan fingerprint density at radius 2 is 2.30 bits per heavy atom. The second-order valence-electron chi connectivity index (χ2n) is 2.64. The molecule has 0 bridgehead atoms. The summed E-state index contributed by atoms with van der Waals surface area (Å²) in [5.41, 5.74) is -1.06. The van der Waals surface area contributed by atoms with Crippen molar-refractivity contribution in [3.05, 3.63) is 0 Å². The number of aliphatic hydroxyl groups is 1. The molecule has 2 N–H and O–H groups in total. The summed E-state index contributed by atoms with van der Waals surface area (Å²) in [7, 11) is 0. The first kappa shape index (κ1) is 10.1. The van der Waals surface area contributed by atoms with Gasteiger partial charge < -0.3 is 10.4 Å². The van der Waals surface area contributed by atoms with Crippen LogP contribution in [0.2, 0.25) is 0 Å². The third-order valence-electron chi connectivity index (χ3n) is 1.70. The molecule has 0 saturated carbocycles. The molecule has 4 heteroatoms. The first-order valence-electron chi connectivity index (χ1n) is 3.26. The molecule has 10 heavy (non-hydrogen) atoms. The van der Waals surface area contributed by atoms with Crippen LogP contribution in [0.1, 0.15) is 12.8 Å². The molecular formula is C6H13ClFNO. The Hall–Kier alpha value is 0.140. The van der Waals surface area contributed by atoms with Gasteiger partial charge in [0, 0.05) is 6.54 Å². The minimum atomic E-state index is -1.06. The minimum Gasteiger partial charge on any atom is -0.386 e. The molecule has 0 aromatic carbocycles. The molecule has 0 aliphatic carbocycles. The number of rotatable bonds is 1. The van der Waals surface area contributed by atoms with E-state index < -0.39 is 12.3 Å². The van der Waals surface area contributed by atoms with E-state index in [2.05, 4.69) is 5.32 Å². The fraction of sp³-hybridized carbons (Fsp3) is 1.00. The van der Waals surface area contributed by atoms with Crippen LogP contribution >= 0.6 is 12.4 Å². The number of nitrogens with one attached hydrogen (secondary N) is 1. The van der Waals surface area contributed by atoms with Crippen molar-refractivity contribution in [3.8, 4) is 0 Å². The van der Waals surface area contributed by atoms with E-state index in [-0.39, 0.29) is 12.4 Å². The Balaban J connectivity index is 0.000000810. The van der Waals surface area contributed by atoms with Crippen LogP contribution in [0.3, 0.4) is 0 Å². The summed E-state index contributed by atoms with van der Waals surface area (Å²) < 4.78 is 12.0. The zero-order valence-corrected chi connectivity index (χ0v) is 6.59. The second-order valence-corrected chi connectivity index (χ2v) is 2.64. The number of alkyl halides is 1. The first-order valence-corrected chi connectivity index (χ1v) is 3.26. The fourth-order valence-corrected chi connectivity index (χ4v) is 1.07. The molecule has 0 unspecified atom stereocenters. The molecule has 62 valence electrons. The van der Waals surface area contributed by atoms with Crippen molar-refractivity contribution < 1.29 is 9.50 Å². The molecule has 1 aliphatic rings. The van der Waals surface area contributed by atoms with Gasteiger partial charge in [-0.15, -0.1) is 12.4 Å². The number of hydrogen-bond donors (Lipinski definition) is 2. The molecule has 1 saturated heterocycles. The summed E-state index contributed by atoms with van der Waals surface area (Å²) in [6, 6.07) is 0. The molecule has 0 radical (unpaired) electrons. The van der Waals surface area contributed by atoms with Crippen molar-refractivity contribution in [2.75, 3.05) is 19.8 Å². The molecule has 1 heterocycles. The predicted octanol–water partition coefficient (Wildman–Crippen LogP) is 0.492. The van der Waals surface area contributed by atoms with Crippen LogP contribution in [0.4, 0.5) is 4.39 Å². The fourth-order valence-electron chi connectivity index (χ4n) is 1.07. The molecule has 1 fully saturated rings. The molecule has 0 aromatic rings. The van der Waals surface area contributed by atoms with E-state index in [4.69, 9.17) is 0 Å². The van der Waals surface area contributed by atoms with Crippen molar-refractivity contribution in [1.29, 1.82) is 0 Å². The number of β-amino-alcohol motifs (C(OH)–C–C–N with tert-alkyl or cyclic N) is 1. The minimum absolute atomic E-state index is 0. The lowest BCUT2D eigenvalue weighted by Gasteiger charge is -2.29. The third-order valence-corrected chi connectivity index (χ3v) is 1.70. The van der Waals surface area contributed by atoms with Gasteiger partial charge in [0.15, 0.2) is 0 Å². The molecule has 0 amide bonds. The lowest BCUT2D eigenvalue weighted by molar-refractivity contribution is -0.00519. The quantitative estimate of drug-likeness (QED) is 0.599. The van der Waals surface area contributed by atoms with Gasteiger partial charge in [-0.1, -0.05) is 0 Å². The van der Waals surface area contributed by atoms with Gasteiger partial charge in [-0.2, -0.15) is 0 Å². The van der Waals surface area contributed by atoms with Gasteiger partial charge >= 0.3 is 0 Å². The van der Waals surface area contributed by atoms with Gasteiger partial charge in [0.2, 0.25) is 0 Å². The van der Waals surface area contributed by atoms with Crippen LogP contribution in [0, 0.1) is 0 Å². The van der Waals surface area contributed by atoms with Crippen molar-refractivity contribution in [1.82, 2.24) is 5.32 Å². The maximum Gasteiger partial charge on any atom is 0.119 e. The summed E-state index contributed by atoms with van der Waals surface area (Å²) in [4.78, 5) is 0. The van der Waals surface area contributed by atoms with E-state index >= 15 is 0 Å². The van der Waals surface area contributed by atoms with E-state index in [1.54, 1.807) is 0 Å². The van der Waals surface area contributed by atoms with Crippen molar-refractivity contribution in [3.63, 3.8) is 0 Å². The third kappa shape index (κ3) is 2.40. The highest BCUT2D eigenvalue weighted by molar-refractivity contribution is 5.85. The molecule has 0 aromatic heterocycles. The lowest BCUT2D eigenvalue weighted by Crippen LogP contribution is -2.47. The molecule has 1 rings (SSSR count). The largest absolute Gasteiger partial charge is 0.386 e. The second kappa shape index (κ2) is 4.11. The van der Waals surface area contributed by atoms with Crippen molar-refractivity contribution in [2.24, 2.45) is 0 Å². The Kier molecular flexibility index (Phi) is 4.17. The number of piperidine rings is 1. The van der Waals surface area contributed by atoms with Gasteiger partial charge in [0.1, 0.15) is 12.3 Å². The molecular weight excluding hydrogens is 157 g/mol. The van der Waals surface area contributed by atoms with E-state index in [0.29, 0.717) is 13.0 Å². The SMILES string of the molecule is Cl.O[C@@]1(CF)CCCNC1. The van der Waals surface area contributed by atoms with Gasteiger partial charge in [0.05, 0.1) is 0 Å². The van der Waals surface area contributed by atoms with Gasteiger partial charge in [-0.25, -0.2) is 4.39 Å². The monoisotopic (exact) mass is 169 g/mol. The summed E-state index contributed by atoms with van der Waals surface area (Å²) >= 11 is 0. The van der Waals surface area contributed by atoms with E-state index in [0.717, 1.165) is 13.0 Å². The standard InChI is InChI=1S/C6H12FNO.ClH/c7-4-6(9)2-1-3-8-5-6;/h8-9H,1-5H2;1H/t6-;/m1./s1. The van der Waals surface area contributed by atoms with Gasteiger partial charge in [-0.3, -0.25) is 0 Å². The van der Waals surface area contributed by atoms with Crippen molar-refractivity contribution in [2.45, 2.75) is 18.4 Å². The summed E-state index contributed by atoms with van der Waals surface area (Å²) in [6.07, 6.45) is 1.47. The topological polar surface area (TPSA) is 32.3 Å². The van der Waals surface area contributed by atoms with Crippen LogP contribution in [-0.4, -0.2) is 30.5 Å². The lowest BCUT2D eigenvalue weighted by atomic mass is 9.96. The maximum absolute atomic E-state index is 12.0. The van der Waals surface area contributed by atoms with Crippen LogP contribution in [0.5, 0.6) is 0 Å². The predicted molar refractivity (Wildman–Crippen MR) is 40.3 cm³/mol. The summed E-state index contributed by atoms with van der Waals surface area (Å²) in [6.45, 7) is 0.686. The average molecular weight is 170 g/mol. The Bertz CT molecular complexity index is 95.7. The van der Waals surface area contributed by atoms with E-state index in [1.165, 1.54) is 0 Å². The molecule has 1 aliphatic heterocycles. The smallest absolute Gasteiger partial charge is 0.119 e. The zero-order chi connectivity index (χ0) is 6.74. The number of hydrogen-bond acceptors (Lipinski definition) is 2. The highest BCUT2D eigenvalue weighted by Crippen LogP contribution is 2.15. The van der Waals surface area contributed by atoms with E-state index in [9.17, 15) is 9.50 Å². The van der Waals surface area contributed by atoms with Gasteiger partial charge in [-0.05, 0) is 19.4 Å². The highest BCUT2D eigenvalue weighted by Gasteiger charge is 2.28. The molecule has 0 spiro atoms. The number of halogens is 2. The van der Waals surface area contributed by atoms with Crippen molar-refractivity contribution >= 4 is 12.4 Å². The Morgan fingerprint density at radius 1 is 1.60 bits per heavy atom. The van der Waals surface area contributed by atoms with Crippen LogP contribution in [0.25, 0.3) is 0 Å². The molecule has 1 atom stereocenters. The van der Waals surface area contributed by atoms with Crippen LogP contribution in [-0.2, 0) is 0 Å². The highest BCUT2D eigenvalue weighted by atomic mass is 35.5. The zero-order valence-electron chi connectivity index (χ0n) is 5.77. The molecule has 2 nitrogen and oxygen atoms in total. The summed E-state index contributed by atoms with van der Waals surface area (Å²) in [5, 5.41) is 12.2. The average Bonchev–Trinajstić information content (AvgIpc) is 1.90. The van der Waals surface area contributed by atoms with Crippen LogP contribution < -0.4 is 5.32 Å². The van der Waals surface area contributed by atoms with Gasteiger partial charge in [0.25, 0.3) is 0 Å². The summed E-state index contributed by atoms with van der Waals surface area (Å²) in [5.74, 6) is 0.